The van der Waals surface area contributed by atoms with E-state index in [1.807, 2.05) is 12.1 Å². The van der Waals surface area contributed by atoms with Gasteiger partial charge in [0.15, 0.2) is 0 Å². The zero-order valence-electron chi connectivity index (χ0n) is 10.6. The largest absolute Gasteiger partial charge is 0.399 e. The molecule has 3 rings (SSSR count). The summed E-state index contributed by atoms with van der Waals surface area (Å²) >= 11 is 0. The van der Waals surface area contributed by atoms with Crippen LogP contribution in [0.2, 0.25) is 0 Å². The van der Waals surface area contributed by atoms with Gasteiger partial charge in [-0.15, -0.1) is 0 Å². The Labute approximate surface area is 108 Å². The summed E-state index contributed by atoms with van der Waals surface area (Å²) in [7, 11) is 0. The third-order valence-electron chi connectivity index (χ3n) is 3.72. The maximum absolute atomic E-state index is 5.89. The first kappa shape index (κ1) is 11.3. The van der Waals surface area contributed by atoms with E-state index < -0.39 is 0 Å². The minimum absolute atomic E-state index is 0.275. The molecular weight excluding hydrogens is 220 g/mol. The highest BCUT2D eigenvalue weighted by molar-refractivity contribution is 5.48. The van der Waals surface area contributed by atoms with E-state index in [2.05, 4.69) is 42.6 Å². The number of anilines is 1. The van der Waals surface area contributed by atoms with E-state index in [1.54, 1.807) is 0 Å². The summed E-state index contributed by atoms with van der Waals surface area (Å²) in [5.74, 6) is 0. The Morgan fingerprint density at radius 2 is 2.00 bits per heavy atom. The van der Waals surface area contributed by atoms with Crippen molar-refractivity contribution in [2.45, 2.75) is 19.4 Å². The molecule has 2 nitrogen and oxygen atoms in total. The third kappa shape index (κ3) is 1.89. The van der Waals surface area contributed by atoms with Crippen molar-refractivity contribution in [3.05, 3.63) is 64.7 Å². The van der Waals surface area contributed by atoms with Crippen LogP contribution < -0.4 is 11.1 Å². The number of hydrogen-bond donors (Lipinski definition) is 2. The Morgan fingerprint density at radius 3 is 2.83 bits per heavy atom. The number of rotatable bonds is 1. The predicted molar refractivity (Wildman–Crippen MR) is 75.6 cm³/mol. The summed E-state index contributed by atoms with van der Waals surface area (Å²) in [4.78, 5) is 0. The molecule has 0 saturated carbocycles. The quantitative estimate of drug-likeness (QED) is 0.750. The Balaban J connectivity index is 2.09. The van der Waals surface area contributed by atoms with Gasteiger partial charge in [-0.2, -0.15) is 0 Å². The summed E-state index contributed by atoms with van der Waals surface area (Å²) in [5.41, 5.74) is 12.2. The molecule has 1 heterocycles. The van der Waals surface area contributed by atoms with Crippen molar-refractivity contribution in [1.82, 2.24) is 5.32 Å². The molecule has 0 radical (unpaired) electrons. The van der Waals surface area contributed by atoms with Gasteiger partial charge in [-0.05, 0) is 47.7 Å². The lowest BCUT2D eigenvalue weighted by atomic mass is 9.87. The van der Waals surface area contributed by atoms with Crippen LogP contribution in [0.3, 0.4) is 0 Å². The van der Waals surface area contributed by atoms with Gasteiger partial charge in [-0.25, -0.2) is 0 Å². The molecule has 92 valence electrons. The maximum atomic E-state index is 5.89. The lowest BCUT2D eigenvalue weighted by molar-refractivity contribution is 0.566. The fourth-order valence-electron chi connectivity index (χ4n) is 2.82. The third-order valence-corrected chi connectivity index (χ3v) is 3.72. The van der Waals surface area contributed by atoms with Crippen LogP contribution in [0, 0.1) is 6.92 Å². The molecule has 2 heteroatoms. The molecule has 2 aromatic carbocycles. The van der Waals surface area contributed by atoms with E-state index in [1.165, 1.54) is 22.3 Å². The topological polar surface area (TPSA) is 38.0 Å². The van der Waals surface area contributed by atoms with Crippen LogP contribution in [0.5, 0.6) is 0 Å². The second kappa shape index (κ2) is 4.46. The molecule has 18 heavy (non-hydrogen) atoms. The first-order valence-corrected chi connectivity index (χ1v) is 6.43. The Bertz CT molecular complexity index is 575. The molecule has 1 unspecified atom stereocenters. The van der Waals surface area contributed by atoms with Gasteiger partial charge in [-0.1, -0.05) is 30.3 Å². The maximum Gasteiger partial charge on any atom is 0.0580 e. The van der Waals surface area contributed by atoms with Gasteiger partial charge in [0.1, 0.15) is 0 Å². The zero-order chi connectivity index (χ0) is 12.5. The van der Waals surface area contributed by atoms with Crippen molar-refractivity contribution in [2.24, 2.45) is 0 Å². The average Bonchev–Trinajstić information content (AvgIpc) is 2.39. The second-order valence-electron chi connectivity index (χ2n) is 4.95. The summed E-state index contributed by atoms with van der Waals surface area (Å²) < 4.78 is 0. The van der Waals surface area contributed by atoms with Crippen LogP contribution in [0.4, 0.5) is 5.69 Å². The molecule has 2 aromatic rings. The number of hydrogen-bond acceptors (Lipinski definition) is 2. The fourth-order valence-corrected chi connectivity index (χ4v) is 2.82. The van der Waals surface area contributed by atoms with Gasteiger partial charge >= 0.3 is 0 Å². The SMILES string of the molecule is Cc1cccc2c1CCNC2c1cccc(N)c1. The van der Waals surface area contributed by atoms with Crippen LogP contribution in [-0.4, -0.2) is 6.54 Å². The number of aryl methyl sites for hydroxylation is 1. The van der Waals surface area contributed by atoms with Gasteiger partial charge in [0.25, 0.3) is 0 Å². The van der Waals surface area contributed by atoms with Crippen molar-refractivity contribution >= 4 is 5.69 Å². The smallest absolute Gasteiger partial charge is 0.0580 e. The van der Waals surface area contributed by atoms with Crippen LogP contribution in [0.25, 0.3) is 0 Å². The second-order valence-corrected chi connectivity index (χ2v) is 4.95. The summed E-state index contributed by atoms with van der Waals surface area (Å²) in [6, 6.07) is 15.0. The minimum Gasteiger partial charge on any atom is -0.399 e. The zero-order valence-corrected chi connectivity index (χ0v) is 10.6. The van der Waals surface area contributed by atoms with E-state index in [4.69, 9.17) is 5.73 Å². The van der Waals surface area contributed by atoms with E-state index in [-0.39, 0.29) is 6.04 Å². The van der Waals surface area contributed by atoms with Crippen LogP contribution in [0.1, 0.15) is 28.3 Å². The van der Waals surface area contributed by atoms with Crippen LogP contribution in [-0.2, 0) is 6.42 Å². The molecule has 0 aromatic heterocycles. The van der Waals surface area contributed by atoms with Crippen LogP contribution in [0.15, 0.2) is 42.5 Å². The van der Waals surface area contributed by atoms with E-state index >= 15 is 0 Å². The lowest BCUT2D eigenvalue weighted by Crippen LogP contribution is -2.31. The van der Waals surface area contributed by atoms with Gasteiger partial charge in [0.2, 0.25) is 0 Å². The number of fused-ring (bicyclic) bond motifs is 1. The molecule has 0 amide bonds. The van der Waals surface area contributed by atoms with E-state index in [0.717, 1.165) is 18.7 Å². The molecule has 0 fully saturated rings. The average molecular weight is 238 g/mol. The number of benzene rings is 2. The van der Waals surface area contributed by atoms with Crippen molar-refractivity contribution in [2.75, 3.05) is 12.3 Å². The standard InChI is InChI=1S/C16H18N2/c1-11-4-2-7-15-14(11)8-9-18-16(15)12-5-3-6-13(17)10-12/h2-7,10,16,18H,8-9,17H2,1H3. The van der Waals surface area contributed by atoms with Gasteiger partial charge < -0.3 is 11.1 Å². The van der Waals surface area contributed by atoms with Crippen molar-refractivity contribution in [3.63, 3.8) is 0 Å². The van der Waals surface area contributed by atoms with E-state index in [9.17, 15) is 0 Å². The normalized spacial score (nSPS) is 18.4. The Morgan fingerprint density at radius 1 is 1.17 bits per heavy atom. The number of nitrogens with one attached hydrogen (secondary N) is 1. The number of nitrogen functional groups attached to an aromatic ring is 1. The van der Waals surface area contributed by atoms with Gasteiger partial charge in [-0.3, -0.25) is 0 Å². The predicted octanol–water partition coefficient (Wildman–Crippen LogP) is 2.81. The molecule has 0 spiro atoms. The van der Waals surface area contributed by atoms with E-state index in [0.29, 0.717) is 0 Å². The minimum atomic E-state index is 0.275. The lowest BCUT2D eigenvalue weighted by Gasteiger charge is -2.28. The molecule has 1 aliphatic rings. The highest BCUT2D eigenvalue weighted by Gasteiger charge is 2.21. The molecule has 3 N–H and O–H groups in total. The highest BCUT2D eigenvalue weighted by Crippen LogP contribution is 2.30. The molecule has 0 aliphatic carbocycles. The summed E-state index contributed by atoms with van der Waals surface area (Å²) in [6.07, 6.45) is 1.11. The van der Waals surface area contributed by atoms with Crippen molar-refractivity contribution < 1.29 is 0 Å². The molecular formula is C16H18N2. The highest BCUT2D eigenvalue weighted by atomic mass is 14.9. The van der Waals surface area contributed by atoms with Crippen molar-refractivity contribution in [3.8, 4) is 0 Å². The summed E-state index contributed by atoms with van der Waals surface area (Å²) in [5, 5.41) is 3.59. The van der Waals surface area contributed by atoms with Gasteiger partial charge in [0.05, 0.1) is 6.04 Å². The molecule has 1 atom stereocenters. The molecule has 0 bridgehead atoms. The monoisotopic (exact) mass is 238 g/mol. The fraction of sp³-hybridized carbons (Fsp3) is 0.250. The molecule has 1 aliphatic heterocycles. The van der Waals surface area contributed by atoms with Crippen LogP contribution >= 0.6 is 0 Å². The Kier molecular flexibility index (Phi) is 2.80. The number of nitrogens with two attached hydrogens (primary N) is 1. The summed E-state index contributed by atoms with van der Waals surface area (Å²) in [6.45, 7) is 3.22. The Hall–Kier alpha value is -1.80. The first-order valence-electron chi connectivity index (χ1n) is 6.43. The molecule has 0 saturated heterocycles. The van der Waals surface area contributed by atoms with Gasteiger partial charge in [0, 0.05) is 12.2 Å². The first-order chi connectivity index (χ1) is 8.75. The van der Waals surface area contributed by atoms with Crippen molar-refractivity contribution in [1.29, 1.82) is 0 Å².